The van der Waals surface area contributed by atoms with Gasteiger partial charge in [-0.05, 0) is 37.1 Å². The fraction of sp³-hybridized carbons (Fsp3) is 0.333. The Labute approximate surface area is 131 Å². The van der Waals surface area contributed by atoms with Gasteiger partial charge in [0.1, 0.15) is 5.69 Å². The molecule has 1 amide bonds. The second-order valence-electron chi connectivity index (χ2n) is 5.59. The Morgan fingerprint density at radius 2 is 1.68 bits per heavy atom. The second-order valence-corrected chi connectivity index (χ2v) is 5.59. The van der Waals surface area contributed by atoms with E-state index in [1.54, 1.807) is 12.3 Å². The Morgan fingerprint density at radius 1 is 0.955 bits per heavy atom. The van der Waals surface area contributed by atoms with Crippen LogP contribution in [-0.4, -0.2) is 24.0 Å². The van der Waals surface area contributed by atoms with E-state index in [1.165, 1.54) is 25.7 Å². The molecule has 0 aliphatic carbocycles. The standard InChI is InChI=1S/C18H21N3O/c22-18(16-10-5-6-12-19-16)20-15-9-3-4-11-17(15)21-13-7-1-2-8-14-21/h3-6,9-12H,1-2,7-8,13-14H2,(H,20,22). The first-order valence-corrected chi connectivity index (χ1v) is 7.91. The summed E-state index contributed by atoms with van der Waals surface area (Å²) in [5, 5.41) is 3.00. The Morgan fingerprint density at radius 3 is 2.41 bits per heavy atom. The molecule has 2 heterocycles. The SMILES string of the molecule is O=C(Nc1ccccc1N1CCCCCC1)c1ccccn1. The van der Waals surface area contributed by atoms with E-state index in [-0.39, 0.29) is 5.91 Å². The summed E-state index contributed by atoms with van der Waals surface area (Å²) in [6.45, 7) is 2.10. The number of amides is 1. The van der Waals surface area contributed by atoms with Gasteiger partial charge in [-0.1, -0.05) is 31.0 Å². The maximum atomic E-state index is 12.3. The van der Waals surface area contributed by atoms with Crippen molar-refractivity contribution in [3.63, 3.8) is 0 Å². The molecule has 0 unspecified atom stereocenters. The van der Waals surface area contributed by atoms with Gasteiger partial charge in [0, 0.05) is 19.3 Å². The quantitative estimate of drug-likeness (QED) is 0.938. The lowest BCUT2D eigenvalue weighted by molar-refractivity contribution is 0.102. The fourth-order valence-corrected chi connectivity index (χ4v) is 2.85. The monoisotopic (exact) mass is 295 g/mol. The largest absolute Gasteiger partial charge is 0.370 e. The molecule has 1 saturated heterocycles. The molecule has 4 heteroatoms. The molecule has 4 nitrogen and oxygen atoms in total. The highest BCUT2D eigenvalue weighted by Crippen LogP contribution is 2.28. The van der Waals surface area contributed by atoms with Crippen LogP contribution in [0.4, 0.5) is 11.4 Å². The van der Waals surface area contributed by atoms with Gasteiger partial charge in [-0.2, -0.15) is 0 Å². The Balaban J connectivity index is 1.80. The topological polar surface area (TPSA) is 45.2 Å². The molecule has 0 atom stereocenters. The van der Waals surface area contributed by atoms with Crippen molar-refractivity contribution >= 4 is 17.3 Å². The number of pyridine rings is 1. The molecular weight excluding hydrogens is 274 g/mol. The Bertz CT molecular complexity index is 619. The fourth-order valence-electron chi connectivity index (χ4n) is 2.85. The smallest absolute Gasteiger partial charge is 0.274 e. The normalized spacial score (nSPS) is 15.2. The molecule has 0 bridgehead atoms. The molecule has 0 spiro atoms. The molecule has 3 rings (SSSR count). The van der Waals surface area contributed by atoms with E-state index in [4.69, 9.17) is 0 Å². The van der Waals surface area contributed by atoms with E-state index in [9.17, 15) is 4.79 Å². The highest BCUT2D eigenvalue weighted by molar-refractivity contribution is 6.04. The third-order valence-electron chi connectivity index (χ3n) is 4.00. The Hall–Kier alpha value is -2.36. The Kier molecular flexibility index (Phi) is 4.68. The summed E-state index contributed by atoms with van der Waals surface area (Å²) in [5.41, 5.74) is 2.40. The number of aromatic nitrogens is 1. The number of rotatable bonds is 3. The third kappa shape index (κ3) is 3.45. The van der Waals surface area contributed by atoms with Gasteiger partial charge < -0.3 is 10.2 Å². The molecule has 1 N–H and O–H groups in total. The minimum absolute atomic E-state index is 0.164. The summed E-state index contributed by atoms with van der Waals surface area (Å²) >= 11 is 0. The predicted molar refractivity (Wildman–Crippen MR) is 89.3 cm³/mol. The molecule has 1 aromatic carbocycles. The average molecular weight is 295 g/mol. The van der Waals surface area contributed by atoms with Crippen LogP contribution in [0.1, 0.15) is 36.2 Å². The number of benzene rings is 1. The molecule has 1 aliphatic heterocycles. The maximum absolute atomic E-state index is 12.3. The van der Waals surface area contributed by atoms with Crippen LogP contribution in [0.3, 0.4) is 0 Å². The zero-order valence-corrected chi connectivity index (χ0v) is 12.7. The van der Waals surface area contributed by atoms with Crippen LogP contribution < -0.4 is 10.2 Å². The maximum Gasteiger partial charge on any atom is 0.274 e. The number of carbonyl (C=O) groups excluding carboxylic acids is 1. The number of hydrogen-bond acceptors (Lipinski definition) is 3. The van der Waals surface area contributed by atoms with Crippen molar-refractivity contribution in [1.29, 1.82) is 0 Å². The zero-order valence-electron chi connectivity index (χ0n) is 12.7. The first-order chi connectivity index (χ1) is 10.8. The van der Waals surface area contributed by atoms with Crippen LogP contribution in [0.25, 0.3) is 0 Å². The molecule has 1 aliphatic rings. The predicted octanol–water partition coefficient (Wildman–Crippen LogP) is 3.71. The summed E-state index contributed by atoms with van der Waals surface area (Å²) < 4.78 is 0. The molecule has 114 valence electrons. The number of carbonyl (C=O) groups is 1. The highest BCUT2D eigenvalue weighted by Gasteiger charge is 2.15. The number of nitrogens with zero attached hydrogens (tertiary/aromatic N) is 2. The molecule has 1 aromatic heterocycles. The molecule has 0 saturated carbocycles. The first-order valence-electron chi connectivity index (χ1n) is 7.91. The highest BCUT2D eigenvalue weighted by atomic mass is 16.1. The van der Waals surface area contributed by atoms with E-state index in [2.05, 4.69) is 21.3 Å². The van der Waals surface area contributed by atoms with Gasteiger partial charge >= 0.3 is 0 Å². The van der Waals surface area contributed by atoms with Crippen molar-refractivity contribution in [3.05, 3.63) is 54.4 Å². The number of anilines is 2. The number of nitrogens with one attached hydrogen (secondary N) is 1. The van der Waals surface area contributed by atoms with Crippen LogP contribution in [0.2, 0.25) is 0 Å². The van der Waals surface area contributed by atoms with Crippen molar-refractivity contribution < 1.29 is 4.79 Å². The van der Waals surface area contributed by atoms with Gasteiger partial charge in [-0.3, -0.25) is 9.78 Å². The number of para-hydroxylation sites is 2. The van der Waals surface area contributed by atoms with Gasteiger partial charge in [-0.15, -0.1) is 0 Å². The summed E-state index contributed by atoms with van der Waals surface area (Å²) in [4.78, 5) is 18.8. The van der Waals surface area contributed by atoms with E-state index < -0.39 is 0 Å². The second kappa shape index (κ2) is 7.07. The van der Waals surface area contributed by atoms with E-state index in [0.717, 1.165) is 24.5 Å². The van der Waals surface area contributed by atoms with Gasteiger partial charge in [0.2, 0.25) is 0 Å². The van der Waals surface area contributed by atoms with Crippen LogP contribution >= 0.6 is 0 Å². The van der Waals surface area contributed by atoms with Crippen LogP contribution in [0.15, 0.2) is 48.7 Å². The molecule has 2 aromatic rings. The van der Waals surface area contributed by atoms with Crippen molar-refractivity contribution in [1.82, 2.24) is 4.98 Å². The van der Waals surface area contributed by atoms with Gasteiger partial charge in [0.25, 0.3) is 5.91 Å². The summed E-state index contributed by atoms with van der Waals surface area (Å²) in [6.07, 6.45) is 6.64. The minimum Gasteiger partial charge on any atom is -0.370 e. The first kappa shape index (κ1) is 14.6. The molecule has 0 radical (unpaired) electrons. The lowest BCUT2D eigenvalue weighted by atomic mass is 10.2. The zero-order chi connectivity index (χ0) is 15.2. The van der Waals surface area contributed by atoms with Crippen molar-refractivity contribution in [2.24, 2.45) is 0 Å². The van der Waals surface area contributed by atoms with E-state index in [0.29, 0.717) is 5.69 Å². The van der Waals surface area contributed by atoms with Crippen molar-refractivity contribution in [2.75, 3.05) is 23.3 Å². The molecule has 22 heavy (non-hydrogen) atoms. The summed E-state index contributed by atoms with van der Waals surface area (Å²) in [6, 6.07) is 13.4. The molecular formula is C18H21N3O. The minimum atomic E-state index is -0.164. The third-order valence-corrected chi connectivity index (χ3v) is 4.00. The van der Waals surface area contributed by atoms with Crippen molar-refractivity contribution in [2.45, 2.75) is 25.7 Å². The van der Waals surface area contributed by atoms with Gasteiger partial charge in [0.05, 0.1) is 11.4 Å². The lowest BCUT2D eigenvalue weighted by Crippen LogP contribution is -2.25. The van der Waals surface area contributed by atoms with Gasteiger partial charge in [-0.25, -0.2) is 0 Å². The summed E-state index contributed by atoms with van der Waals surface area (Å²) in [5.74, 6) is -0.164. The van der Waals surface area contributed by atoms with Gasteiger partial charge in [0.15, 0.2) is 0 Å². The van der Waals surface area contributed by atoms with Crippen molar-refractivity contribution in [3.8, 4) is 0 Å². The molecule has 1 fully saturated rings. The van der Waals surface area contributed by atoms with Crippen LogP contribution in [0, 0.1) is 0 Å². The summed E-state index contributed by atoms with van der Waals surface area (Å²) in [7, 11) is 0. The lowest BCUT2D eigenvalue weighted by Gasteiger charge is -2.25. The van der Waals surface area contributed by atoms with E-state index >= 15 is 0 Å². The van der Waals surface area contributed by atoms with Crippen LogP contribution in [-0.2, 0) is 0 Å². The van der Waals surface area contributed by atoms with E-state index in [1.807, 2.05) is 30.3 Å². The average Bonchev–Trinajstić information content (AvgIpc) is 2.85. The number of hydrogen-bond donors (Lipinski definition) is 1. The van der Waals surface area contributed by atoms with Crippen LogP contribution in [0.5, 0.6) is 0 Å².